The van der Waals surface area contributed by atoms with Crippen LogP contribution in [0, 0.1) is 6.92 Å². The molecule has 0 spiro atoms. The number of furan rings is 1. The summed E-state index contributed by atoms with van der Waals surface area (Å²) >= 11 is 0. The number of hydrogen-bond donors (Lipinski definition) is 0. The van der Waals surface area contributed by atoms with Crippen LogP contribution in [0.1, 0.15) is 27.2 Å². The van der Waals surface area contributed by atoms with Gasteiger partial charge in [0.15, 0.2) is 17.3 Å². The number of aryl methyl sites for hydroxylation is 1. The largest absolute Gasteiger partial charge is 0.493 e. The second-order valence-corrected chi connectivity index (χ2v) is 5.44. The highest BCUT2D eigenvalue weighted by Gasteiger charge is 2.25. The first-order chi connectivity index (χ1) is 10.6. The Morgan fingerprint density at radius 2 is 1.82 bits per heavy atom. The lowest BCUT2D eigenvalue weighted by atomic mass is 9.98. The Balaban J connectivity index is 1.85. The zero-order chi connectivity index (χ0) is 15.7. The van der Waals surface area contributed by atoms with Crippen molar-refractivity contribution in [1.29, 1.82) is 0 Å². The van der Waals surface area contributed by atoms with Gasteiger partial charge in [-0.15, -0.1) is 0 Å². The number of fused-ring (bicyclic) bond motifs is 1. The fraction of sp³-hybridized carbons (Fsp3) is 0.353. The Kier molecular flexibility index (Phi) is 3.79. The minimum atomic E-state index is -0.0754. The maximum absolute atomic E-state index is 12.5. The minimum Gasteiger partial charge on any atom is -0.493 e. The smallest absolute Gasteiger partial charge is 0.289 e. The number of methoxy groups -OCH3 is 2. The first-order valence-corrected chi connectivity index (χ1v) is 7.20. The number of carbonyl (C=O) groups excluding carboxylic acids is 1. The van der Waals surface area contributed by atoms with Gasteiger partial charge < -0.3 is 18.8 Å². The van der Waals surface area contributed by atoms with E-state index in [9.17, 15) is 4.79 Å². The fourth-order valence-electron chi connectivity index (χ4n) is 2.76. The Morgan fingerprint density at radius 3 is 2.41 bits per heavy atom. The van der Waals surface area contributed by atoms with Crippen molar-refractivity contribution in [1.82, 2.24) is 4.90 Å². The quantitative estimate of drug-likeness (QED) is 0.875. The van der Waals surface area contributed by atoms with E-state index in [1.807, 2.05) is 19.1 Å². The van der Waals surface area contributed by atoms with Gasteiger partial charge in [-0.05, 0) is 48.2 Å². The van der Waals surface area contributed by atoms with Crippen molar-refractivity contribution in [2.24, 2.45) is 0 Å². The summed E-state index contributed by atoms with van der Waals surface area (Å²) in [5.74, 6) is 1.72. The molecule has 0 radical (unpaired) electrons. The molecule has 0 bridgehead atoms. The third-order valence-electron chi connectivity index (χ3n) is 3.95. The van der Waals surface area contributed by atoms with Crippen LogP contribution < -0.4 is 9.47 Å². The normalized spacial score (nSPS) is 13.7. The average molecular weight is 301 g/mol. The molecule has 0 saturated carbocycles. The molecule has 0 aliphatic carbocycles. The minimum absolute atomic E-state index is 0.0754. The summed E-state index contributed by atoms with van der Waals surface area (Å²) in [5.41, 5.74) is 3.23. The van der Waals surface area contributed by atoms with E-state index in [1.54, 1.807) is 31.4 Å². The van der Waals surface area contributed by atoms with Crippen LogP contribution in [0.25, 0.3) is 0 Å². The number of rotatable bonds is 3. The number of carbonyl (C=O) groups is 1. The number of nitrogens with zero attached hydrogens (tertiary/aromatic N) is 1. The van der Waals surface area contributed by atoms with Crippen LogP contribution in [0.3, 0.4) is 0 Å². The molecule has 0 saturated heterocycles. The van der Waals surface area contributed by atoms with Gasteiger partial charge in [-0.2, -0.15) is 0 Å². The standard InChI is InChI=1S/C17H19NO4/c1-11-6-16(22-10-11)17(19)18-5-4-12-7-14(20-2)15(21-3)8-13(12)9-18/h6-8,10H,4-5,9H2,1-3H3. The number of amides is 1. The van der Waals surface area contributed by atoms with Crippen LogP contribution >= 0.6 is 0 Å². The van der Waals surface area contributed by atoms with E-state index in [0.717, 1.165) is 23.3 Å². The predicted octanol–water partition coefficient (Wildman–Crippen LogP) is 2.80. The molecule has 0 atom stereocenters. The van der Waals surface area contributed by atoms with Crippen molar-refractivity contribution in [3.8, 4) is 11.5 Å². The molecule has 5 heteroatoms. The van der Waals surface area contributed by atoms with Crippen molar-refractivity contribution < 1.29 is 18.7 Å². The third kappa shape index (κ3) is 2.54. The zero-order valence-corrected chi connectivity index (χ0v) is 13.0. The van der Waals surface area contributed by atoms with Gasteiger partial charge >= 0.3 is 0 Å². The summed E-state index contributed by atoms with van der Waals surface area (Å²) in [5, 5.41) is 0. The van der Waals surface area contributed by atoms with Gasteiger partial charge in [0.1, 0.15) is 0 Å². The molecule has 0 N–H and O–H groups in total. The van der Waals surface area contributed by atoms with E-state index in [0.29, 0.717) is 24.6 Å². The highest BCUT2D eigenvalue weighted by molar-refractivity contribution is 5.91. The molecule has 2 aromatic rings. The van der Waals surface area contributed by atoms with E-state index >= 15 is 0 Å². The van der Waals surface area contributed by atoms with Crippen LogP contribution in [0.4, 0.5) is 0 Å². The zero-order valence-electron chi connectivity index (χ0n) is 13.0. The van der Waals surface area contributed by atoms with Crippen LogP contribution in [-0.4, -0.2) is 31.6 Å². The second kappa shape index (κ2) is 5.75. The van der Waals surface area contributed by atoms with Gasteiger partial charge in [0.2, 0.25) is 0 Å². The molecule has 22 heavy (non-hydrogen) atoms. The summed E-state index contributed by atoms with van der Waals surface area (Å²) in [7, 11) is 3.24. The van der Waals surface area contributed by atoms with E-state index < -0.39 is 0 Å². The lowest BCUT2D eigenvalue weighted by Crippen LogP contribution is -2.35. The van der Waals surface area contributed by atoms with Crippen LogP contribution in [0.15, 0.2) is 28.9 Å². The lowest BCUT2D eigenvalue weighted by molar-refractivity contribution is 0.0702. The molecule has 5 nitrogen and oxygen atoms in total. The lowest BCUT2D eigenvalue weighted by Gasteiger charge is -2.29. The van der Waals surface area contributed by atoms with Gasteiger partial charge in [-0.3, -0.25) is 4.79 Å². The topological polar surface area (TPSA) is 51.9 Å². The highest BCUT2D eigenvalue weighted by Crippen LogP contribution is 2.33. The summed E-state index contributed by atoms with van der Waals surface area (Å²) in [6, 6.07) is 5.71. The summed E-state index contributed by atoms with van der Waals surface area (Å²) in [6.07, 6.45) is 2.39. The number of ether oxygens (including phenoxy) is 2. The average Bonchev–Trinajstić information content (AvgIpc) is 2.98. The third-order valence-corrected chi connectivity index (χ3v) is 3.95. The fourth-order valence-corrected chi connectivity index (χ4v) is 2.76. The Bertz CT molecular complexity index is 705. The highest BCUT2D eigenvalue weighted by atomic mass is 16.5. The first-order valence-electron chi connectivity index (χ1n) is 7.20. The molecule has 1 aromatic carbocycles. The number of benzene rings is 1. The molecule has 0 unspecified atom stereocenters. The van der Waals surface area contributed by atoms with Crippen molar-refractivity contribution >= 4 is 5.91 Å². The van der Waals surface area contributed by atoms with Crippen LogP contribution in [0.2, 0.25) is 0 Å². The maximum atomic E-state index is 12.5. The van der Waals surface area contributed by atoms with E-state index in [-0.39, 0.29) is 5.91 Å². The van der Waals surface area contributed by atoms with Gasteiger partial charge in [-0.25, -0.2) is 0 Å². The molecule has 1 aliphatic rings. The van der Waals surface area contributed by atoms with Crippen molar-refractivity contribution in [2.75, 3.05) is 20.8 Å². The van der Waals surface area contributed by atoms with Crippen molar-refractivity contribution in [3.63, 3.8) is 0 Å². The molecule has 1 aromatic heterocycles. The molecule has 0 fully saturated rings. The first kappa shape index (κ1) is 14.5. The number of hydrogen-bond acceptors (Lipinski definition) is 4. The molecule has 2 heterocycles. The van der Waals surface area contributed by atoms with Crippen LogP contribution in [0.5, 0.6) is 11.5 Å². The molecule has 1 aliphatic heterocycles. The van der Waals surface area contributed by atoms with Crippen molar-refractivity contribution in [3.05, 3.63) is 46.9 Å². The molecule has 116 valence electrons. The van der Waals surface area contributed by atoms with Crippen LogP contribution in [-0.2, 0) is 13.0 Å². The molecule has 3 rings (SSSR count). The molecular formula is C17H19NO4. The summed E-state index contributed by atoms with van der Waals surface area (Å²) in [6.45, 7) is 3.12. The molecular weight excluding hydrogens is 282 g/mol. The predicted molar refractivity (Wildman–Crippen MR) is 81.4 cm³/mol. The van der Waals surface area contributed by atoms with Gasteiger partial charge in [0, 0.05) is 13.1 Å². The SMILES string of the molecule is COc1cc2c(cc1OC)CN(C(=O)c1cc(C)co1)CC2. The van der Waals surface area contributed by atoms with Crippen molar-refractivity contribution in [2.45, 2.75) is 19.9 Å². The van der Waals surface area contributed by atoms with E-state index in [2.05, 4.69) is 0 Å². The monoisotopic (exact) mass is 301 g/mol. The second-order valence-electron chi connectivity index (χ2n) is 5.44. The maximum Gasteiger partial charge on any atom is 0.289 e. The Labute approximate surface area is 129 Å². The van der Waals surface area contributed by atoms with E-state index in [1.165, 1.54) is 5.56 Å². The van der Waals surface area contributed by atoms with Gasteiger partial charge in [-0.1, -0.05) is 0 Å². The summed E-state index contributed by atoms with van der Waals surface area (Å²) < 4.78 is 16.0. The Hall–Kier alpha value is -2.43. The Morgan fingerprint density at radius 1 is 1.14 bits per heavy atom. The van der Waals surface area contributed by atoms with E-state index in [4.69, 9.17) is 13.9 Å². The van der Waals surface area contributed by atoms with Gasteiger partial charge in [0.05, 0.1) is 20.5 Å². The molecule has 1 amide bonds. The van der Waals surface area contributed by atoms with Gasteiger partial charge in [0.25, 0.3) is 5.91 Å². The summed E-state index contributed by atoms with van der Waals surface area (Å²) in [4.78, 5) is 14.3.